The smallest absolute Gasteiger partial charge is 0.0732 e. The van der Waals surface area contributed by atoms with Crippen LogP contribution in [0.5, 0.6) is 0 Å². The molecule has 53 heavy (non-hydrogen) atoms. The summed E-state index contributed by atoms with van der Waals surface area (Å²) in [6.07, 6.45) is 4.40. The Hall–Kier alpha value is -5.92. The van der Waals surface area contributed by atoms with Gasteiger partial charge in [-0.25, -0.2) is 0 Å². The molecule has 0 saturated carbocycles. The second kappa shape index (κ2) is 10.6. The number of hydrogen-bond acceptors (Lipinski definition) is 0. The zero-order valence-corrected chi connectivity index (χ0v) is 31.0. The molecule has 0 unspecified atom stereocenters. The first kappa shape index (κ1) is 30.7. The van der Waals surface area contributed by atoms with E-state index in [1.54, 1.807) is 0 Å². The monoisotopic (exact) mass is 679 g/mol. The number of benzene rings is 7. The molecule has 254 valence electrons. The quantitative estimate of drug-likeness (QED) is 0.174. The molecule has 0 amide bonds. The van der Waals surface area contributed by atoms with Crippen molar-refractivity contribution in [3.05, 3.63) is 172 Å². The average molecular weight is 680 g/mol. The maximum atomic E-state index is 4.31. The Morgan fingerprint density at radius 3 is 1.85 bits per heavy atom. The van der Waals surface area contributed by atoms with E-state index in [4.69, 9.17) is 0 Å². The van der Waals surface area contributed by atoms with Gasteiger partial charge in [0.2, 0.25) is 0 Å². The third-order valence-electron chi connectivity index (χ3n) is 12.9. The first-order chi connectivity index (χ1) is 25.8. The summed E-state index contributed by atoms with van der Waals surface area (Å²) in [5.41, 5.74) is 19.5. The van der Waals surface area contributed by atoms with Crippen molar-refractivity contribution < 1.29 is 0 Å². The molecule has 0 N–H and O–H groups in total. The van der Waals surface area contributed by atoms with E-state index in [0.717, 1.165) is 0 Å². The van der Waals surface area contributed by atoms with Crippen LogP contribution in [0.15, 0.2) is 133 Å². The predicted molar refractivity (Wildman–Crippen MR) is 228 cm³/mol. The highest BCUT2D eigenvalue weighted by atomic mass is 14.9. The second-order valence-corrected chi connectivity index (χ2v) is 16.2. The van der Waals surface area contributed by atoms with Crippen molar-refractivity contribution in [3.8, 4) is 22.3 Å². The lowest BCUT2D eigenvalue weighted by Crippen LogP contribution is -2.26. The first-order valence-electron chi connectivity index (χ1n) is 19.2. The normalized spacial score (nSPS) is 14.4. The number of rotatable bonds is 4. The van der Waals surface area contributed by atoms with Gasteiger partial charge in [-0.2, -0.15) is 0 Å². The molecule has 1 heteroatoms. The van der Waals surface area contributed by atoms with Crippen LogP contribution in [0.25, 0.3) is 83.3 Å². The predicted octanol–water partition coefficient (Wildman–Crippen LogP) is 14.2. The van der Waals surface area contributed by atoms with E-state index in [0.29, 0.717) is 11.8 Å². The molecule has 1 nitrogen and oxygen atoms in total. The van der Waals surface area contributed by atoms with E-state index in [1.165, 1.54) is 116 Å². The number of hydrogen-bond donors (Lipinski definition) is 0. The summed E-state index contributed by atoms with van der Waals surface area (Å²) < 4.78 is 2.59. The molecule has 11 rings (SSSR count). The van der Waals surface area contributed by atoms with Gasteiger partial charge >= 0.3 is 0 Å². The summed E-state index contributed by atoms with van der Waals surface area (Å²) in [4.78, 5) is 0. The fraction of sp³-hybridized carbons (Fsp3) is 0.154. The zero-order chi connectivity index (χ0) is 35.9. The average Bonchev–Trinajstić information content (AvgIpc) is 3.86. The molecule has 1 spiro atoms. The molecule has 2 aliphatic rings. The van der Waals surface area contributed by atoms with Crippen LogP contribution < -0.4 is 0 Å². The lowest BCUT2D eigenvalue weighted by atomic mass is 9.69. The van der Waals surface area contributed by atoms with Gasteiger partial charge in [-0.3, -0.25) is 0 Å². The van der Waals surface area contributed by atoms with Crippen molar-refractivity contribution in [2.45, 2.75) is 46.0 Å². The lowest BCUT2D eigenvalue weighted by Gasteiger charge is -2.31. The minimum atomic E-state index is -0.436. The Morgan fingerprint density at radius 2 is 1.23 bits per heavy atom. The lowest BCUT2D eigenvalue weighted by molar-refractivity contribution is 0.776. The molecule has 9 aromatic rings. The van der Waals surface area contributed by atoms with E-state index in [2.05, 4.69) is 173 Å². The standard InChI is InChI=1S/C52H41N/c1-7-32-26-47-40(24-35(32)22-31(6)29(2)3)42-28-41-39-16-10-13-19-46(39)52(44-17-11-8-14-37(44)38-15-9-12-18-45(38)52)50(41)49-43-25-36-23-33(30(4)5)20-21-34(36)27-48(43)53(47)51(42)49/h7-30H,1H2,2-6H3/b31-22+. The van der Waals surface area contributed by atoms with Crippen LogP contribution in [0.3, 0.4) is 0 Å². The number of nitrogens with zero attached hydrogens (tertiary/aromatic N) is 1. The highest BCUT2D eigenvalue weighted by molar-refractivity contribution is 6.29. The van der Waals surface area contributed by atoms with E-state index in [1.807, 2.05) is 6.08 Å². The SMILES string of the molecule is C=Cc1cc2c(cc1/C=C(\C)C(C)C)c1cc3c(c4c5cc6cc(C(C)C)ccc6cc5n2c14)C1(c2ccccc2-c2ccccc21)c1ccccc1-3. The molecular formula is C52H41N. The van der Waals surface area contributed by atoms with E-state index in [-0.39, 0.29) is 0 Å². The van der Waals surface area contributed by atoms with Gasteiger partial charge in [0.25, 0.3) is 0 Å². The molecule has 2 aromatic heterocycles. The van der Waals surface area contributed by atoms with Crippen molar-refractivity contribution in [2.24, 2.45) is 5.92 Å². The van der Waals surface area contributed by atoms with Crippen molar-refractivity contribution in [1.29, 1.82) is 0 Å². The first-order valence-corrected chi connectivity index (χ1v) is 19.2. The van der Waals surface area contributed by atoms with Crippen molar-refractivity contribution in [3.63, 3.8) is 0 Å². The Bertz CT molecular complexity index is 3040. The second-order valence-electron chi connectivity index (χ2n) is 16.2. The number of fused-ring (bicyclic) bond motifs is 18. The van der Waals surface area contributed by atoms with Crippen molar-refractivity contribution >= 4 is 61.0 Å². The molecule has 0 atom stereocenters. The summed E-state index contributed by atoms with van der Waals surface area (Å²) in [7, 11) is 0. The van der Waals surface area contributed by atoms with Crippen LogP contribution in [0.1, 0.15) is 79.5 Å². The molecule has 0 fully saturated rings. The molecule has 0 aliphatic heterocycles. The fourth-order valence-electron chi connectivity index (χ4n) is 10.1. The third kappa shape index (κ3) is 3.77. The van der Waals surface area contributed by atoms with Gasteiger partial charge in [0.05, 0.1) is 22.0 Å². The summed E-state index contributed by atoms with van der Waals surface area (Å²) >= 11 is 0. The zero-order valence-electron chi connectivity index (χ0n) is 31.0. The van der Waals surface area contributed by atoms with Gasteiger partial charge in [-0.15, -0.1) is 0 Å². The summed E-state index contributed by atoms with van der Waals surface area (Å²) in [6, 6.07) is 47.0. The molecule has 0 saturated heterocycles. The van der Waals surface area contributed by atoms with Gasteiger partial charge in [0, 0.05) is 21.5 Å². The van der Waals surface area contributed by atoms with Gasteiger partial charge in [-0.1, -0.05) is 143 Å². The molecule has 2 heterocycles. The van der Waals surface area contributed by atoms with Crippen LogP contribution in [0.2, 0.25) is 0 Å². The summed E-state index contributed by atoms with van der Waals surface area (Å²) in [5, 5.41) is 7.89. The molecule has 0 radical (unpaired) electrons. The fourth-order valence-corrected chi connectivity index (χ4v) is 10.1. The third-order valence-corrected chi connectivity index (χ3v) is 12.9. The number of allylic oxidation sites excluding steroid dienone is 1. The maximum absolute atomic E-state index is 4.31. The van der Waals surface area contributed by atoms with Crippen LogP contribution in [-0.2, 0) is 5.41 Å². The molecule has 7 aromatic carbocycles. The van der Waals surface area contributed by atoms with Gasteiger partial charge in [0.15, 0.2) is 0 Å². The van der Waals surface area contributed by atoms with Crippen LogP contribution in [0, 0.1) is 5.92 Å². The highest BCUT2D eigenvalue weighted by Gasteiger charge is 2.53. The Kier molecular flexibility index (Phi) is 6.12. The highest BCUT2D eigenvalue weighted by Crippen LogP contribution is 2.65. The van der Waals surface area contributed by atoms with Crippen LogP contribution >= 0.6 is 0 Å². The van der Waals surface area contributed by atoms with Gasteiger partial charge < -0.3 is 4.40 Å². The van der Waals surface area contributed by atoms with Crippen molar-refractivity contribution in [1.82, 2.24) is 4.40 Å². The minimum absolute atomic E-state index is 0.436. The summed E-state index contributed by atoms with van der Waals surface area (Å²) in [5.74, 6) is 0.932. The summed E-state index contributed by atoms with van der Waals surface area (Å²) in [6.45, 7) is 15.7. The van der Waals surface area contributed by atoms with Crippen LogP contribution in [0.4, 0.5) is 0 Å². The molecule has 2 aliphatic carbocycles. The van der Waals surface area contributed by atoms with E-state index >= 15 is 0 Å². The Labute approximate surface area is 310 Å². The molecular weight excluding hydrogens is 639 g/mol. The van der Waals surface area contributed by atoms with Crippen LogP contribution in [-0.4, -0.2) is 4.40 Å². The van der Waals surface area contributed by atoms with Crippen molar-refractivity contribution in [2.75, 3.05) is 0 Å². The Morgan fingerprint density at radius 1 is 0.604 bits per heavy atom. The number of aromatic nitrogens is 1. The van der Waals surface area contributed by atoms with Gasteiger partial charge in [-0.05, 0) is 121 Å². The van der Waals surface area contributed by atoms with E-state index < -0.39 is 5.41 Å². The largest absolute Gasteiger partial charge is 0.308 e. The maximum Gasteiger partial charge on any atom is 0.0732 e. The Balaban J connectivity index is 1.40. The van der Waals surface area contributed by atoms with E-state index in [9.17, 15) is 0 Å². The van der Waals surface area contributed by atoms with Gasteiger partial charge in [0.1, 0.15) is 0 Å². The molecule has 0 bridgehead atoms. The minimum Gasteiger partial charge on any atom is -0.308 e. The topological polar surface area (TPSA) is 4.41 Å².